The molecule has 2 rings (SSSR count). The average molecular weight is 268 g/mol. The molecule has 100 valence electrons. The van der Waals surface area contributed by atoms with Crippen LogP contribution in [0.4, 0.5) is 0 Å². The number of methoxy groups -OCH3 is 1. The summed E-state index contributed by atoms with van der Waals surface area (Å²) >= 11 is 1.66. The van der Waals surface area contributed by atoms with Gasteiger partial charge in [0.05, 0.1) is 18.7 Å². The molecule has 1 fully saturated rings. The van der Waals surface area contributed by atoms with Crippen molar-refractivity contribution in [2.75, 3.05) is 20.3 Å². The molecular weight excluding hydrogens is 248 g/mol. The van der Waals surface area contributed by atoms with Crippen LogP contribution >= 0.6 is 11.3 Å². The van der Waals surface area contributed by atoms with Gasteiger partial charge in [0.2, 0.25) is 5.91 Å². The third-order valence-electron chi connectivity index (χ3n) is 3.45. The molecule has 0 aliphatic heterocycles. The van der Waals surface area contributed by atoms with E-state index >= 15 is 0 Å². The first-order valence-electron chi connectivity index (χ1n) is 6.25. The van der Waals surface area contributed by atoms with E-state index in [1.807, 2.05) is 22.4 Å². The minimum Gasteiger partial charge on any atom is -0.383 e. The van der Waals surface area contributed by atoms with E-state index < -0.39 is 5.54 Å². The van der Waals surface area contributed by atoms with E-state index in [4.69, 9.17) is 10.5 Å². The van der Waals surface area contributed by atoms with Crippen molar-refractivity contribution in [1.29, 1.82) is 0 Å². The molecule has 1 heterocycles. The van der Waals surface area contributed by atoms with E-state index in [1.165, 1.54) is 4.88 Å². The molecule has 0 atom stereocenters. The molecule has 1 amide bonds. The Kier molecular flexibility index (Phi) is 4.37. The number of thiophene rings is 1. The van der Waals surface area contributed by atoms with E-state index in [0.717, 1.165) is 19.3 Å². The summed E-state index contributed by atoms with van der Waals surface area (Å²) in [6, 6.07) is 4.04. The minimum atomic E-state index is -0.620. The third-order valence-corrected chi connectivity index (χ3v) is 4.31. The molecule has 1 aromatic rings. The summed E-state index contributed by atoms with van der Waals surface area (Å²) in [5.74, 6) is 0.0687. The van der Waals surface area contributed by atoms with Crippen LogP contribution in [0.3, 0.4) is 0 Å². The van der Waals surface area contributed by atoms with Crippen molar-refractivity contribution in [3.63, 3.8) is 0 Å². The van der Waals surface area contributed by atoms with Crippen LogP contribution in [0.25, 0.3) is 0 Å². The lowest BCUT2D eigenvalue weighted by Crippen LogP contribution is -2.59. The predicted molar refractivity (Wildman–Crippen MR) is 72.4 cm³/mol. The number of carbonyl (C=O) groups is 1. The molecule has 5 heteroatoms. The maximum atomic E-state index is 12.4. The minimum absolute atomic E-state index is 0.0687. The SMILES string of the molecule is COCCN(Cc1cccs1)C(=O)C1(N)CCC1. The molecule has 1 aliphatic carbocycles. The van der Waals surface area contributed by atoms with Gasteiger partial charge in [0, 0.05) is 18.5 Å². The van der Waals surface area contributed by atoms with E-state index in [2.05, 4.69) is 0 Å². The monoisotopic (exact) mass is 268 g/mol. The van der Waals surface area contributed by atoms with E-state index in [1.54, 1.807) is 18.4 Å². The van der Waals surface area contributed by atoms with Crippen molar-refractivity contribution in [3.8, 4) is 0 Å². The number of rotatable bonds is 6. The number of carbonyl (C=O) groups excluding carboxylic acids is 1. The van der Waals surface area contributed by atoms with Gasteiger partial charge in [-0.3, -0.25) is 4.79 Å². The smallest absolute Gasteiger partial charge is 0.243 e. The van der Waals surface area contributed by atoms with E-state index in [0.29, 0.717) is 19.7 Å². The summed E-state index contributed by atoms with van der Waals surface area (Å²) in [7, 11) is 1.65. The molecule has 1 saturated carbocycles. The first-order chi connectivity index (χ1) is 8.65. The zero-order chi connectivity index (χ0) is 13.0. The Hall–Kier alpha value is -0.910. The van der Waals surface area contributed by atoms with Crippen molar-refractivity contribution in [3.05, 3.63) is 22.4 Å². The maximum absolute atomic E-state index is 12.4. The molecule has 4 nitrogen and oxygen atoms in total. The third kappa shape index (κ3) is 2.91. The molecule has 0 radical (unpaired) electrons. The van der Waals surface area contributed by atoms with Crippen LogP contribution in [0.5, 0.6) is 0 Å². The van der Waals surface area contributed by atoms with Crippen molar-refractivity contribution in [1.82, 2.24) is 4.90 Å². The van der Waals surface area contributed by atoms with Gasteiger partial charge >= 0.3 is 0 Å². The van der Waals surface area contributed by atoms with Gasteiger partial charge in [-0.05, 0) is 30.7 Å². The average Bonchev–Trinajstić information content (AvgIpc) is 2.83. The van der Waals surface area contributed by atoms with Crippen molar-refractivity contribution < 1.29 is 9.53 Å². The lowest BCUT2D eigenvalue weighted by molar-refractivity contribution is -0.141. The predicted octanol–water partition coefficient (Wildman–Crippen LogP) is 1.60. The second-order valence-corrected chi connectivity index (χ2v) is 5.84. The molecule has 0 aromatic carbocycles. The van der Waals surface area contributed by atoms with Gasteiger partial charge < -0.3 is 15.4 Å². The van der Waals surface area contributed by atoms with Crippen LogP contribution in [0, 0.1) is 0 Å². The van der Waals surface area contributed by atoms with Gasteiger partial charge in [0.25, 0.3) is 0 Å². The van der Waals surface area contributed by atoms with Crippen LogP contribution < -0.4 is 5.73 Å². The normalized spacial score (nSPS) is 17.2. The molecule has 1 aliphatic rings. The van der Waals surface area contributed by atoms with Gasteiger partial charge in [0.15, 0.2) is 0 Å². The number of amides is 1. The van der Waals surface area contributed by atoms with Crippen LogP contribution in [-0.4, -0.2) is 36.6 Å². The number of nitrogens with zero attached hydrogens (tertiary/aromatic N) is 1. The molecule has 0 unspecified atom stereocenters. The zero-order valence-corrected chi connectivity index (χ0v) is 11.5. The number of ether oxygens (including phenoxy) is 1. The van der Waals surface area contributed by atoms with Gasteiger partial charge in [-0.25, -0.2) is 0 Å². The topological polar surface area (TPSA) is 55.6 Å². The first kappa shape index (κ1) is 13.5. The van der Waals surface area contributed by atoms with Crippen LogP contribution in [0.15, 0.2) is 17.5 Å². The number of hydrogen-bond donors (Lipinski definition) is 1. The highest BCUT2D eigenvalue weighted by Gasteiger charge is 2.42. The van der Waals surface area contributed by atoms with E-state index in [-0.39, 0.29) is 5.91 Å². The summed E-state index contributed by atoms with van der Waals surface area (Å²) in [4.78, 5) is 15.4. The highest BCUT2D eigenvalue weighted by molar-refractivity contribution is 7.09. The van der Waals surface area contributed by atoms with Crippen LogP contribution in [0.1, 0.15) is 24.1 Å². The van der Waals surface area contributed by atoms with Crippen LogP contribution in [-0.2, 0) is 16.1 Å². The van der Waals surface area contributed by atoms with Crippen molar-refractivity contribution in [2.45, 2.75) is 31.3 Å². The fourth-order valence-corrected chi connectivity index (χ4v) is 2.85. The highest BCUT2D eigenvalue weighted by atomic mass is 32.1. The second kappa shape index (κ2) is 5.82. The standard InChI is InChI=1S/C13H20N2O2S/c1-17-8-7-15(10-11-4-2-9-18-11)12(16)13(14)5-3-6-13/h2,4,9H,3,5-8,10,14H2,1H3. The highest BCUT2D eigenvalue weighted by Crippen LogP contribution is 2.31. The summed E-state index contributed by atoms with van der Waals surface area (Å²) in [5.41, 5.74) is 5.50. The summed E-state index contributed by atoms with van der Waals surface area (Å²) in [5, 5.41) is 2.02. The van der Waals surface area contributed by atoms with E-state index in [9.17, 15) is 4.79 Å². The largest absolute Gasteiger partial charge is 0.383 e. The lowest BCUT2D eigenvalue weighted by Gasteiger charge is -2.40. The molecule has 0 spiro atoms. The summed E-state index contributed by atoms with van der Waals surface area (Å²) in [6.07, 6.45) is 2.67. The Morgan fingerprint density at radius 3 is 2.89 bits per heavy atom. The Balaban J connectivity index is 2.02. The number of hydrogen-bond acceptors (Lipinski definition) is 4. The quantitative estimate of drug-likeness (QED) is 0.852. The summed E-state index contributed by atoms with van der Waals surface area (Å²) < 4.78 is 5.07. The number of nitrogens with two attached hydrogens (primary N) is 1. The van der Waals surface area contributed by atoms with Gasteiger partial charge in [-0.2, -0.15) is 0 Å². The fourth-order valence-electron chi connectivity index (χ4n) is 2.13. The van der Waals surface area contributed by atoms with Crippen molar-refractivity contribution in [2.24, 2.45) is 5.73 Å². The second-order valence-electron chi connectivity index (χ2n) is 4.81. The molecule has 18 heavy (non-hydrogen) atoms. The molecular formula is C13H20N2O2S. The summed E-state index contributed by atoms with van der Waals surface area (Å²) in [6.45, 7) is 1.79. The Morgan fingerprint density at radius 2 is 2.39 bits per heavy atom. The Morgan fingerprint density at radius 1 is 1.61 bits per heavy atom. The molecule has 1 aromatic heterocycles. The van der Waals surface area contributed by atoms with Gasteiger partial charge in [-0.1, -0.05) is 6.07 Å². The lowest BCUT2D eigenvalue weighted by atomic mass is 9.76. The zero-order valence-electron chi connectivity index (χ0n) is 10.7. The van der Waals surface area contributed by atoms with Gasteiger partial charge in [-0.15, -0.1) is 11.3 Å². The maximum Gasteiger partial charge on any atom is 0.243 e. The molecule has 2 N–H and O–H groups in total. The fraction of sp³-hybridized carbons (Fsp3) is 0.615. The van der Waals surface area contributed by atoms with Crippen LogP contribution in [0.2, 0.25) is 0 Å². The molecule has 0 saturated heterocycles. The van der Waals surface area contributed by atoms with Gasteiger partial charge in [0.1, 0.15) is 0 Å². The Bertz CT molecular complexity index is 388. The Labute approximate surface area is 112 Å². The first-order valence-corrected chi connectivity index (χ1v) is 7.13. The molecule has 0 bridgehead atoms. The van der Waals surface area contributed by atoms with Crippen molar-refractivity contribution >= 4 is 17.2 Å².